The van der Waals surface area contributed by atoms with Gasteiger partial charge in [0.25, 0.3) is 0 Å². The summed E-state index contributed by atoms with van der Waals surface area (Å²) in [5.74, 6) is 1.22. The van der Waals surface area contributed by atoms with Crippen LogP contribution >= 0.6 is 11.8 Å². The number of halogens is 2. The number of hydrogen-bond donors (Lipinski definition) is 0. The van der Waals surface area contributed by atoms with Crippen LogP contribution in [-0.2, 0) is 0 Å². The lowest BCUT2D eigenvalue weighted by Crippen LogP contribution is -2.00. The molecule has 0 unspecified atom stereocenters. The van der Waals surface area contributed by atoms with Gasteiger partial charge < -0.3 is 4.74 Å². The third kappa shape index (κ3) is 4.84. The van der Waals surface area contributed by atoms with Crippen molar-refractivity contribution in [3.63, 3.8) is 0 Å². The van der Waals surface area contributed by atoms with Gasteiger partial charge in [0.15, 0.2) is 11.6 Å². The van der Waals surface area contributed by atoms with Gasteiger partial charge in [-0.05, 0) is 36.5 Å². The highest BCUT2D eigenvalue weighted by Gasteiger charge is 2.04. The van der Waals surface area contributed by atoms with Crippen LogP contribution in [0.4, 0.5) is 8.78 Å². The summed E-state index contributed by atoms with van der Waals surface area (Å²) in [5.41, 5.74) is 0. The largest absolute Gasteiger partial charge is 0.490 e. The van der Waals surface area contributed by atoms with E-state index < -0.39 is 11.6 Å². The van der Waals surface area contributed by atoms with Gasteiger partial charge in [0.2, 0.25) is 0 Å². The summed E-state index contributed by atoms with van der Waals surface area (Å²) >= 11 is 1.87. The second-order valence-corrected chi connectivity index (χ2v) is 4.72. The van der Waals surface area contributed by atoms with Gasteiger partial charge in [-0.2, -0.15) is 11.8 Å². The van der Waals surface area contributed by atoms with Gasteiger partial charge in [-0.3, -0.25) is 0 Å². The van der Waals surface area contributed by atoms with E-state index in [-0.39, 0.29) is 5.75 Å². The zero-order valence-electron chi connectivity index (χ0n) is 9.34. The first-order valence-electron chi connectivity index (χ1n) is 5.39. The summed E-state index contributed by atoms with van der Waals surface area (Å²) in [6.07, 6.45) is 1.90. The van der Waals surface area contributed by atoms with E-state index in [1.54, 1.807) is 0 Å². The molecule has 0 bridgehead atoms. The minimum Gasteiger partial charge on any atom is -0.490 e. The van der Waals surface area contributed by atoms with Gasteiger partial charge in [0, 0.05) is 6.07 Å². The molecule has 0 saturated heterocycles. The van der Waals surface area contributed by atoms with Gasteiger partial charge in [-0.1, -0.05) is 6.92 Å². The SMILES string of the molecule is CCSCCCCOc1cc(F)ccc1F. The maximum absolute atomic E-state index is 13.1. The Morgan fingerprint density at radius 2 is 2.06 bits per heavy atom. The van der Waals surface area contributed by atoms with Crippen LogP contribution < -0.4 is 4.74 Å². The molecule has 0 spiro atoms. The molecule has 0 atom stereocenters. The number of rotatable bonds is 7. The van der Waals surface area contributed by atoms with Crippen LogP contribution in [0, 0.1) is 11.6 Å². The highest BCUT2D eigenvalue weighted by Crippen LogP contribution is 2.18. The smallest absolute Gasteiger partial charge is 0.165 e. The van der Waals surface area contributed by atoms with E-state index in [4.69, 9.17) is 4.74 Å². The third-order valence-corrected chi connectivity index (χ3v) is 3.02. The molecule has 0 aromatic heterocycles. The van der Waals surface area contributed by atoms with E-state index in [1.165, 1.54) is 0 Å². The van der Waals surface area contributed by atoms with E-state index in [9.17, 15) is 8.78 Å². The minimum absolute atomic E-state index is 0.00291. The van der Waals surface area contributed by atoms with Crippen LogP contribution in [-0.4, -0.2) is 18.1 Å². The van der Waals surface area contributed by atoms with Crippen molar-refractivity contribution in [1.29, 1.82) is 0 Å². The fourth-order valence-electron chi connectivity index (χ4n) is 1.22. The molecule has 0 N–H and O–H groups in total. The lowest BCUT2D eigenvalue weighted by Gasteiger charge is -2.06. The summed E-state index contributed by atoms with van der Waals surface area (Å²) in [4.78, 5) is 0. The highest BCUT2D eigenvalue weighted by molar-refractivity contribution is 7.99. The Labute approximate surface area is 99.2 Å². The predicted molar refractivity (Wildman–Crippen MR) is 64.1 cm³/mol. The van der Waals surface area contributed by atoms with Crippen molar-refractivity contribution in [3.05, 3.63) is 29.8 Å². The van der Waals surface area contributed by atoms with Crippen LogP contribution in [0.1, 0.15) is 19.8 Å². The van der Waals surface area contributed by atoms with Crippen molar-refractivity contribution in [3.8, 4) is 5.75 Å². The molecule has 4 heteroatoms. The Kier molecular flexibility index (Phi) is 6.23. The van der Waals surface area contributed by atoms with Gasteiger partial charge in [-0.25, -0.2) is 8.78 Å². The molecular formula is C12H16F2OS. The molecule has 16 heavy (non-hydrogen) atoms. The molecule has 0 saturated carbocycles. The van der Waals surface area contributed by atoms with Crippen molar-refractivity contribution in [2.75, 3.05) is 18.1 Å². The first-order chi connectivity index (χ1) is 7.74. The van der Waals surface area contributed by atoms with Crippen LogP contribution in [0.3, 0.4) is 0 Å². The number of ether oxygens (including phenoxy) is 1. The summed E-state index contributed by atoms with van der Waals surface area (Å²) in [7, 11) is 0. The monoisotopic (exact) mass is 246 g/mol. The third-order valence-electron chi connectivity index (χ3n) is 2.04. The lowest BCUT2D eigenvalue weighted by atomic mass is 10.3. The number of benzene rings is 1. The Balaban J connectivity index is 2.23. The molecule has 1 nitrogen and oxygen atoms in total. The minimum atomic E-state index is -0.510. The van der Waals surface area contributed by atoms with Crippen molar-refractivity contribution in [2.45, 2.75) is 19.8 Å². The van der Waals surface area contributed by atoms with E-state index in [0.29, 0.717) is 6.61 Å². The average Bonchev–Trinajstić information content (AvgIpc) is 2.28. The quantitative estimate of drug-likeness (QED) is 0.675. The number of hydrogen-bond acceptors (Lipinski definition) is 2. The van der Waals surface area contributed by atoms with E-state index in [1.807, 2.05) is 11.8 Å². The molecule has 1 aromatic rings. The molecule has 0 aliphatic rings. The molecule has 0 heterocycles. The second kappa shape index (κ2) is 7.49. The Bertz CT molecular complexity index is 318. The Morgan fingerprint density at radius 3 is 2.81 bits per heavy atom. The average molecular weight is 246 g/mol. The molecule has 1 rings (SSSR count). The Morgan fingerprint density at radius 1 is 1.25 bits per heavy atom. The summed E-state index contributed by atoms with van der Waals surface area (Å²) in [5, 5.41) is 0. The highest BCUT2D eigenvalue weighted by atomic mass is 32.2. The van der Waals surface area contributed by atoms with Crippen molar-refractivity contribution >= 4 is 11.8 Å². The zero-order chi connectivity index (χ0) is 11.8. The van der Waals surface area contributed by atoms with Crippen molar-refractivity contribution < 1.29 is 13.5 Å². The van der Waals surface area contributed by atoms with E-state index in [2.05, 4.69) is 6.92 Å². The molecule has 0 aliphatic carbocycles. The number of unbranched alkanes of at least 4 members (excludes halogenated alkanes) is 1. The molecule has 1 aromatic carbocycles. The van der Waals surface area contributed by atoms with Gasteiger partial charge in [0.05, 0.1) is 6.61 Å². The number of thioether (sulfide) groups is 1. The van der Waals surface area contributed by atoms with E-state index >= 15 is 0 Å². The van der Waals surface area contributed by atoms with Crippen LogP contribution in [0.15, 0.2) is 18.2 Å². The molecule has 90 valence electrons. The first-order valence-corrected chi connectivity index (χ1v) is 6.55. The fraction of sp³-hybridized carbons (Fsp3) is 0.500. The lowest BCUT2D eigenvalue weighted by molar-refractivity contribution is 0.293. The topological polar surface area (TPSA) is 9.23 Å². The summed E-state index contributed by atoms with van der Waals surface area (Å²) in [6, 6.07) is 3.24. The predicted octanol–water partition coefficient (Wildman–Crippen LogP) is 3.88. The van der Waals surface area contributed by atoms with Crippen molar-refractivity contribution in [2.24, 2.45) is 0 Å². The van der Waals surface area contributed by atoms with E-state index in [0.717, 1.165) is 42.5 Å². The maximum atomic E-state index is 13.1. The fourth-order valence-corrected chi connectivity index (χ4v) is 1.92. The van der Waals surface area contributed by atoms with Crippen molar-refractivity contribution in [1.82, 2.24) is 0 Å². The van der Waals surface area contributed by atoms with Crippen LogP contribution in [0.5, 0.6) is 5.75 Å². The van der Waals surface area contributed by atoms with Crippen LogP contribution in [0.2, 0.25) is 0 Å². The van der Waals surface area contributed by atoms with Gasteiger partial charge in [-0.15, -0.1) is 0 Å². The first kappa shape index (κ1) is 13.3. The molecule has 0 amide bonds. The van der Waals surface area contributed by atoms with Gasteiger partial charge >= 0.3 is 0 Å². The standard InChI is InChI=1S/C12H16F2OS/c1-2-16-8-4-3-7-15-12-9-10(13)5-6-11(12)14/h5-6,9H,2-4,7-8H2,1H3. The summed E-state index contributed by atoms with van der Waals surface area (Å²) in [6.45, 7) is 2.55. The van der Waals surface area contributed by atoms with Gasteiger partial charge in [0.1, 0.15) is 5.82 Å². The zero-order valence-corrected chi connectivity index (χ0v) is 10.2. The maximum Gasteiger partial charge on any atom is 0.165 e. The molecule has 0 aliphatic heterocycles. The summed E-state index contributed by atoms with van der Waals surface area (Å²) < 4.78 is 31.1. The molecular weight excluding hydrogens is 230 g/mol. The second-order valence-electron chi connectivity index (χ2n) is 3.33. The molecule has 0 radical (unpaired) electrons. The normalized spacial score (nSPS) is 10.4. The Hall–Kier alpha value is -0.770. The molecule has 0 fully saturated rings. The van der Waals surface area contributed by atoms with Crippen LogP contribution in [0.25, 0.3) is 0 Å².